The van der Waals surface area contributed by atoms with Crippen LogP contribution in [-0.2, 0) is 27.8 Å². The van der Waals surface area contributed by atoms with Crippen LogP contribution in [0.3, 0.4) is 0 Å². The summed E-state index contributed by atoms with van der Waals surface area (Å²) < 4.78 is 44.3. The van der Waals surface area contributed by atoms with Gasteiger partial charge in [-0.05, 0) is 45.4 Å². The fourth-order valence-corrected chi connectivity index (χ4v) is 6.37. The number of nitrogens with zero attached hydrogens (tertiary/aromatic N) is 2. The molecule has 2 amide bonds. The minimum absolute atomic E-state index is 0.103. The van der Waals surface area contributed by atoms with Crippen molar-refractivity contribution >= 4 is 38.3 Å². The minimum Gasteiger partial charge on any atom is -0.493 e. The number of nitrogens with one attached hydrogen (secondary N) is 1. The number of amides is 2. The number of benzene rings is 3. The van der Waals surface area contributed by atoms with E-state index in [1.807, 2.05) is 38.1 Å². The maximum atomic E-state index is 13.7. The number of hydrogen-bond acceptors (Lipinski definition) is 8. The van der Waals surface area contributed by atoms with Crippen LogP contribution in [0.5, 0.6) is 11.5 Å². The Labute approximate surface area is 231 Å². The molecule has 11 heteroatoms. The highest BCUT2D eigenvalue weighted by atomic mass is 32.2. The van der Waals surface area contributed by atoms with E-state index in [0.29, 0.717) is 48.1 Å². The van der Waals surface area contributed by atoms with Crippen LogP contribution in [0.4, 0.5) is 5.69 Å². The topological polar surface area (TPSA) is 128 Å². The van der Waals surface area contributed by atoms with Gasteiger partial charge in [0.15, 0.2) is 10.7 Å². The van der Waals surface area contributed by atoms with Gasteiger partial charge in [-0.2, -0.15) is 0 Å². The molecule has 5 rings (SSSR count). The molecular weight excluding hydrogens is 534 g/mol. The lowest BCUT2D eigenvalue weighted by Crippen LogP contribution is -2.32. The van der Waals surface area contributed by atoms with Gasteiger partial charge < -0.3 is 18.9 Å². The second-order valence-electron chi connectivity index (χ2n) is 9.34. The molecule has 4 aromatic rings. The smallest absolute Gasteiger partial charge is 0.269 e. The zero-order chi connectivity index (χ0) is 28.6. The molecule has 0 atom stereocenters. The number of aromatic nitrogens is 1. The summed E-state index contributed by atoms with van der Waals surface area (Å²) in [7, 11) is -4.12. The Kier molecular flexibility index (Phi) is 7.24. The molecule has 0 saturated carbocycles. The summed E-state index contributed by atoms with van der Waals surface area (Å²) >= 11 is 0. The van der Waals surface area contributed by atoms with E-state index in [9.17, 15) is 18.0 Å². The lowest BCUT2D eigenvalue weighted by molar-refractivity contribution is -0.118. The third-order valence-corrected chi connectivity index (χ3v) is 8.29. The molecule has 1 aliphatic heterocycles. The van der Waals surface area contributed by atoms with E-state index in [0.717, 1.165) is 16.3 Å². The molecule has 0 spiro atoms. The Bertz CT molecular complexity index is 1710. The van der Waals surface area contributed by atoms with Crippen molar-refractivity contribution in [2.45, 2.75) is 45.6 Å². The first-order valence-electron chi connectivity index (χ1n) is 12.9. The molecule has 0 bridgehead atoms. The van der Waals surface area contributed by atoms with Crippen molar-refractivity contribution in [2.75, 3.05) is 18.1 Å². The Balaban J connectivity index is 1.39. The number of aryl methyl sites for hydroxylation is 2. The van der Waals surface area contributed by atoms with Crippen molar-refractivity contribution in [1.29, 1.82) is 0 Å². The van der Waals surface area contributed by atoms with Gasteiger partial charge in [0.1, 0.15) is 17.2 Å². The maximum Gasteiger partial charge on any atom is 0.269 e. The molecule has 40 heavy (non-hydrogen) atoms. The van der Waals surface area contributed by atoms with Crippen molar-refractivity contribution in [3.8, 4) is 11.5 Å². The number of hydrogen-bond donors (Lipinski definition) is 1. The third kappa shape index (κ3) is 4.77. The van der Waals surface area contributed by atoms with E-state index < -0.39 is 15.9 Å². The van der Waals surface area contributed by atoms with Crippen LogP contribution in [0.25, 0.3) is 10.8 Å². The summed E-state index contributed by atoms with van der Waals surface area (Å²) in [5, 5.41) is 5.33. The van der Waals surface area contributed by atoms with Gasteiger partial charge in [-0.15, -0.1) is 0 Å². The first kappa shape index (κ1) is 27.2. The first-order chi connectivity index (χ1) is 19.2. The highest BCUT2D eigenvalue weighted by molar-refractivity contribution is 7.90. The first-order valence-corrected chi connectivity index (χ1v) is 14.4. The van der Waals surface area contributed by atoms with Gasteiger partial charge in [0, 0.05) is 22.0 Å². The largest absolute Gasteiger partial charge is 0.493 e. The van der Waals surface area contributed by atoms with Gasteiger partial charge in [0.2, 0.25) is 5.91 Å². The van der Waals surface area contributed by atoms with Gasteiger partial charge in [0.05, 0.1) is 31.7 Å². The molecule has 2 heterocycles. The number of ether oxygens (including phenoxy) is 2. The standard InChI is InChI=1S/C29H29N3O7S/c1-5-37-26-21-9-7-8-10-22(21)27(38-6-2)25-23(26)16-32(29(25)34)20-13-11-19(12-14-20)15-24(33)31-40(35,36)28-17(3)30-39-18(28)4/h7-14H,5-6,15-16H2,1-4H3,(H,31,33). The Morgan fingerprint density at radius 3 is 2.23 bits per heavy atom. The summed E-state index contributed by atoms with van der Waals surface area (Å²) in [5.74, 6) is 0.399. The maximum absolute atomic E-state index is 13.7. The van der Waals surface area contributed by atoms with Crippen molar-refractivity contribution in [1.82, 2.24) is 9.88 Å². The number of fused-ring (bicyclic) bond motifs is 2. The predicted octanol–water partition coefficient (Wildman–Crippen LogP) is 4.45. The molecule has 208 valence electrons. The fraction of sp³-hybridized carbons (Fsp3) is 0.276. The van der Waals surface area contributed by atoms with E-state index in [1.165, 1.54) is 13.8 Å². The Hall–Kier alpha value is -4.38. The van der Waals surface area contributed by atoms with Crippen LogP contribution >= 0.6 is 0 Å². The summed E-state index contributed by atoms with van der Waals surface area (Å²) in [4.78, 5) is 27.8. The van der Waals surface area contributed by atoms with E-state index in [2.05, 4.69) is 9.88 Å². The van der Waals surface area contributed by atoms with Crippen molar-refractivity contribution < 1.29 is 32.0 Å². The monoisotopic (exact) mass is 563 g/mol. The molecule has 0 fully saturated rings. The quantitative estimate of drug-likeness (QED) is 0.316. The normalized spacial score (nSPS) is 13.0. The summed E-state index contributed by atoms with van der Waals surface area (Å²) in [6.07, 6.45) is -0.175. The van der Waals surface area contributed by atoms with Crippen molar-refractivity contribution in [3.63, 3.8) is 0 Å². The van der Waals surface area contributed by atoms with Crippen LogP contribution < -0.4 is 19.1 Å². The second-order valence-corrected chi connectivity index (χ2v) is 11.0. The van der Waals surface area contributed by atoms with Gasteiger partial charge in [0.25, 0.3) is 15.9 Å². The second kappa shape index (κ2) is 10.6. The van der Waals surface area contributed by atoms with Crippen molar-refractivity contribution in [2.24, 2.45) is 0 Å². The average molecular weight is 564 g/mol. The van der Waals surface area contributed by atoms with E-state index in [-0.39, 0.29) is 28.7 Å². The molecule has 1 aliphatic rings. The number of carbonyl (C=O) groups is 2. The molecule has 10 nitrogen and oxygen atoms in total. The van der Waals surface area contributed by atoms with Crippen LogP contribution in [0.15, 0.2) is 57.9 Å². The molecule has 1 aromatic heterocycles. The van der Waals surface area contributed by atoms with Crippen molar-refractivity contribution in [3.05, 3.63) is 76.7 Å². The lowest BCUT2D eigenvalue weighted by Gasteiger charge is -2.16. The summed E-state index contributed by atoms with van der Waals surface area (Å²) in [6.45, 7) is 7.88. The molecule has 0 unspecified atom stereocenters. The zero-order valence-electron chi connectivity index (χ0n) is 22.6. The zero-order valence-corrected chi connectivity index (χ0v) is 23.4. The number of rotatable bonds is 9. The highest BCUT2D eigenvalue weighted by Crippen LogP contribution is 2.46. The van der Waals surface area contributed by atoms with Crippen LogP contribution in [0.1, 0.15) is 46.8 Å². The summed E-state index contributed by atoms with van der Waals surface area (Å²) in [6, 6.07) is 14.6. The van der Waals surface area contributed by atoms with Crippen LogP contribution in [-0.4, -0.2) is 38.6 Å². The average Bonchev–Trinajstić information content (AvgIpc) is 3.45. The SMILES string of the molecule is CCOc1c2c(c(OCC)c3ccccc13)C(=O)N(c1ccc(CC(=O)NS(=O)(=O)c3c(C)noc3C)cc1)C2. The van der Waals surface area contributed by atoms with E-state index in [1.54, 1.807) is 29.2 Å². The predicted molar refractivity (Wildman–Crippen MR) is 148 cm³/mol. The molecule has 3 aromatic carbocycles. The molecular formula is C29H29N3O7S. The third-order valence-electron chi connectivity index (χ3n) is 6.67. The number of anilines is 1. The van der Waals surface area contributed by atoms with Gasteiger partial charge >= 0.3 is 0 Å². The van der Waals surface area contributed by atoms with Crippen LogP contribution in [0.2, 0.25) is 0 Å². The number of carbonyl (C=O) groups excluding carboxylic acids is 2. The van der Waals surface area contributed by atoms with Gasteiger partial charge in [-0.1, -0.05) is 41.6 Å². The van der Waals surface area contributed by atoms with Gasteiger partial charge in [-0.25, -0.2) is 13.1 Å². The van der Waals surface area contributed by atoms with E-state index in [4.69, 9.17) is 14.0 Å². The molecule has 0 saturated heterocycles. The Morgan fingerprint density at radius 1 is 1.00 bits per heavy atom. The van der Waals surface area contributed by atoms with E-state index >= 15 is 0 Å². The highest BCUT2D eigenvalue weighted by Gasteiger charge is 2.36. The molecule has 1 N–H and O–H groups in total. The fourth-order valence-electron chi connectivity index (χ4n) is 5.06. The molecule has 0 aliphatic carbocycles. The lowest BCUT2D eigenvalue weighted by atomic mass is 9.99. The number of sulfonamides is 1. The summed E-state index contributed by atoms with van der Waals surface area (Å²) in [5.41, 5.74) is 2.63. The van der Waals surface area contributed by atoms with Crippen LogP contribution in [0, 0.1) is 13.8 Å². The Morgan fingerprint density at radius 2 is 1.62 bits per heavy atom. The minimum atomic E-state index is -4.12. The van der Waals surface area contributed by atoms with Gasteiger partial charge in [-0.3, -0.25) is 9.59 Å². The molecule has 0 radical (unpaired) electrons.